The van der Waals surface area contributed by atoms with E-state index in [9.17, 15) is 17.8 Å². The first-order chi connectivity index (χ1) is 7.39. The fourth-order valence-electron chi connectivity index (χ4n) is 0.375. The number of hydrogen-bond donors (Lipinski definition) is 0. The van der Waals surface area contributed by atoms with E-state index in [1.165, 1.54) is 0 Å². The lowest BCUT2D eigenvalue weighted by atomic mass is 10.2. The van der Waals surface area contributed by atoms with Crippen molar-refractivity contribution < 1.29 is 31.4 Å². The maximum absolute atomic E-state index is 11.0. The summed E-state index contributed by atoms with van der Waals surface area (Å²) in [4.78, 5) is 16.1. The van der Waals surface area contributed by atoms with Crippen LogP contribution < -0.4 is 0 Å². The Labute approximate surface area is 102 Å². The first-order valence-corrected chi connectivity index (χ1v) is 5.88. The topological polar surface area (TPSA) is 92.7 Å². The van der Waals surface area contributed by atoms with E-state index < -0.39 is 10.4 Å². The molecule has 0 aliphatic carbocycles. The SMILES string of the molecule is C=C(C)C(=O)CO[N+](C)(C)C.COS(=O)(=O)[O-]. The van der Waals surface area contributed by atoms with Crippen LogP contribution in [-0.2, 0) is 24.2 Å². The van der Waals surface area contributed by atoms with Gasteiger partial charge in [-0.3, -0.25) is 8.98 Å². The van der Waals surface area contributed by atoms with Gasteiger partial charge in [-0.1, -0.05) is 6.58 Å². The van der Waals surface area contributed by atoms with Gasteiger partial charge in [0.2, 0.25) is 10.4 Å². The van der Waals surface area contributed by atoms with Gasteiger partial charge in [0.25, 0.3) is 0 Å². The van der Waals surface area contributed by atoms with E-state index in [2.05, 4.69) is 10.8 Å². The molecule has 0 aliphatic rings. The second kappa shape index (κ2) is 7.51. The summed E-state index contributed by atoms with van der Waals surface area (Å²) >= 11 is 0. The highest BCUT2D eigenvalue weighted by molar-refractivity contribution is 7.80. The predicted molar refractivity (Wildman–Crippen MR) is 60.5 cm³/mol. The molecule has 0 heterocycles. The van der Waals surface area contributed by atoms with Crippen LogP contribution in [0.15, 0.2) is 12.2 Å². The zero-order chi connectivity index (χ0) is 14.3. The van der Waals surface area contributed by atoms with Gasteiger partial charge in [0, 0.05) is 0 Å². The van der Waals surface area contributed by atoms with E-state index in [-0.39, 0.29) is 12.4 Å². The third-order valence-electron chi connectivity index (χ3n) is 1.26. The standard InChI is InChI=1S/C8H16NO2.CH4O4S/c1-7(2)8(10)6-11-9(3,4)5;1-5-6(2,3)4/h1,6H2,2-5H3;1H3,(H,2,3,4)/q+1;/p-1. The van der Waals surface area contributed by atoms with E-state index in [4.69, 9.17) is 4.84 Å². The van der Waals surface area contributed by atoms with Crippen LogP contribution in [0.2, 0.25) is 0 Å². The molecule has 102 valence electrons. The van der Waals surface area contributed by atoms with Gasteiger partial charge in [0.1, 0.15) is 0 Å². The third kappa shape index (κ3) is 17.8. The molecule has 0 unspecified atom stereocenters. The maximum Gasteiger partial charge on any atom is 0.217 e. The molecule has 0 N–H and O–H groups in total. The highest BCUT2D eigenvalue weighted by atomic mass is 32.3. The van der Waals surface area contributed by atoms with Gasteiger partial charge in [0.05, 0.1) is 28.3 Å². The van der Waals surface area contributed by atoms with Gasteiger partial charge >= 0.3 is 0 Å². The number of nitrogens with zero attached hydrogens (tertiary/aromatic N) is 1. The van der Waals surface area contributed by atoms with Gasteiger partial charge < -0.3 is 4.55 Å². The highest BCUT2D eigenvalue weighted by Crippen LogP contribution is 1.96. The number of rotatable bonds is 5. The van der Waals surface area contributed by atoms with Crippen LogP contribution in [-0.4, -0.2) is 58.3 Å². The smallest absolute Gasteiger partial charge is 0.217 e. The van der Waals surface area contributed by atoms with Gasteiger partial charge in [-0.15, -0.1) is 0 Å². The van der Waals surface area contributed by atoms with Crippen LogP contribution >= 0.6 is 0 Å². The van der Waals surface area contributed by atoms with Crippen LogP contribution in [0.4, 0.5) is 0 Å². The number of Topliss-reactive ketones (excluding diaryl/α,β-unsaturated/α-hetero) is 1. The minimum Gasteiger partial charge on any atom is -0.726 e. The lowest BCUT2D eigenvalue weighted by Crippen LogP contribution is -2.36. The predicted octanol–water partition coefficient (Wildman–Crippen LogP) is -0.138. The summed E-state index contributed by atoms with van der Waals surface area (Å²) in [6.07, 6.45) is 0. The van der Waals surface area contributed by atoms with Crippen molar-refractivity contribution >= 4 is 16.2 Å². The van der Waals surface area contributed by atoms with Crippen LogP contribution in [0.1, 0.15) is 6.92 Å². The number of carbonyl (C=O) groups excluding carboxylic acids is 1. The average Bonchev–Trinajstić information content (AvgIpc) is 2.12. The van der Waals surface area contributed by atoms with Gasteiger partial charge in [-0.05, 0) is 12.5 Å². The van der Waals surface area contributed by atoms with E-state index in [1.54, 1.807) is 6.92 Å². The highest BCUT2D eigenvalue weighted by Gasteiger charge is 2.11. The zero-order valence-electron chi connectivity index (χ0n) is 10.7. The largest absolute Gasteiger partial charge is 0.726 e. The molecular formula is C9H19NO6S. The van der Waals surface area contributed by atoms with Crippen LogP contribution in [0.3, 0.4) is 0 Å². The molecule has 0 atom stereocenters. The number of ketones is 1. The van der Waals surface area contributed by atoms with E-state index >= 15 is 0 Å². The Morgan fingerprint density at radius 2 is 1.71 bits per heavy atom. The molecule has 0 rings (SSSR count). The third-order valence-corrected chi connectivity index (χ3v) is 1.67. The quantitative estimate of drug-likeness (QED) is 0.227. The Balaban J connectivity index is 0. The molecule has 17 heavy (non-hydrogen) atoms. The molecule has 0 fully saturated rings. The summed E-state index contributed by atoms with van der Waals surface area (Å²) in [5.41, 5.74) is 0.540. The fourth-order valence-corrected chi connectivity index (χ4v) is 0.375. The molecule has 0 aliphatic heterocycles. The Morgan fingerprint density at radius 3 is 1.88 bits per heavy atom. The molecule has 0 saturated heterocycles. The van der Waals surface area contributed by atoms with Crippen molar-refractivity contribution in [3.8, 4) is 0 Å². The van der Waals surface area contributed by atoms with Crippen molar-refractivity contribution in [2.75, 3.05) is 34.9 Å². The van der Waals surface area contributed by atoms with Crippen molar-refractivity contribution in [2.24, 2.45) is 0 Å². The minimum absolute atomic E-state index is 0.0435. The zero-order valence-corrected chi connectivity index (χ0v) is 11.5. The Kier molecular flexibility index (Phi) is 8.20. The lowest BCUT2D eigenvalue weighted by Gasteiger charge is -2.20. The minimum atomic E-state index is -4.41. The van der Waals surface area contributed by atoms with E-state index in [1.807, 2.05) is 21.1 Å². The normalized spacial score (nSPS) is 11.4. The lowest BCUT2D eigenvalue weighted by molar-refractivity contribution is -1.06. The molecule has 8 heteroatoms. The van der Waals surface area contributed by atoms with E-state index in [0.29, 0.717) is 10.2 Å². The van der Waals surface area contributed by atoms with Gasteiger partial charge in [-0.2, -0.15) is 9.48 Å². The second-order valence-corrected chi connectivity index (χ2v) is 5.09. The van der Waals surface area contributed by atoms with Crippen molar-refractivity contribution in [3.63, 3.8) is 0 Å². The molecular weight excluding hydrogens is 250 g/mol. The summed E-state index contributed by atoms with van der Waals surface area (Å²) in [5.74, 6) is -0.0435. The van der Waals surface area contributed by atoms with Crippen LogP contribution in [0, 0.1) is 0 Å². The second-order valence-electron chi connectivity index (χ2n) is 3.94. The number of hydroxylamine groups is 3. The van der Waals surface area contributed by atoms with Crippen molar-refractivity contribution in [1.82, 2.24) is 0 Å². The summed E-state index contributed by atoms with van der Waals surface area (Å²) in [6.45, 7) is 5.31. The van der Waals surface area contributed by atoms with Crippen molar-refractivity contribution in [1.29, 1.82) is 0 Å². The Morgan fingerprint density at radius 1 is 1.35 bits per heavy atom. The van der Waals surface area contributed by atoms with E-state index in [0.717, 1.165) is 7.11 Å². The van der Waals surface area contributed by atoms with Crippen molar-refractivity contribution in [3.05, 3.63) is 12.2 Å². The number of quaternary nitrogens is 1. The van der Waals surface area contributed by atoms with Crippen LogP contribution in [0.5, 0.6) is 0 Å². The molecule has 0 amide bonds. The first kappa shape index (κ1) is 18.6. The summed E-state index contributed by atoms with van der Waals surface area (Å²) in [7, 11) is 1.95. The Bertz CT molecular complexity index is 354. The van der Waals surface area contributed by atoms with Gasteiger partial charge in [0.15, 0.2) is 12.4 Å². The molecule has 0 saturated carbocycles. The molecule has 0 bridgehead atoms. The average molecular weight is 269 g/mol. The monoisotopic (exact) mass is 269 g/mol. The molecule has 7 nitrogen and oxygen atoms in total. The van der Waals surface area contributed by atoms with Crippen LogP contribution in [0.25, 0.3) is 0 Å². The first-order valence-electron chi connectivity index (χ1n) is 4.55. The summed E-state index contributed by atoms with van der Waals surface area (Å²) in [5, 5.41) is 0. The number of hydrogen-bond acceptors (Lipinski definition) is 6. The van der Waals surface area contributed by atoms with Crippen molar-refractivity contribution in [2.45, 2.75) is 6.92 Å². The number of carbonyl (C=O) groups is 1. The molecule has 0 aromatic carbocycles. The maximum atomic E-state index is 11.0. The molecule has 0 spiro atoms. The van der Waals surface area contributed by atoms with Gasteiger partial charge in [-0.25, -0.2) is 8.42 Å². The summed E-state index contributed by atoms with van der Waals surface area (Å²) < 4.78 is 31.4. The molecule has 0 radical (unpaired) electrons. The Hall–Kier alpha value is -0.800. The molecule has 0 aromatic rings. The molecule has 0 aromatic heterocycles. The summed E-state index contributed by atoms with van der Waals surface area (Å²) in [6, 6.07) is 0. The fraction of sp³-hybridized carbons (Fsp3) is 0.667.